The first kappa shape index (κ1) is 14.2. The number of fused-ring (bicyclic) bond motifs is 5. The number of hydrogen-bond donors (Lipinski definition) is 1. The molecule has 1 N–H and O–H groups in total. The fraction of sp³-hybridized carbons (Fsp3) is 0.947. The third-order valence-electron chi connectivity index (χ3n) is 8.33. The minimum absolute atomic E-state index is 0.00234. The van der Waals surface area contributed by atoms with E-state index in [1.807, 2.05) is 0 Å². The van der Waals surface area contributed by atoms with Crippen LogP contribution in [0.1, 0.15) is 71.6 Å². The van der Waals surface area contributed by atoms with Crippen molar-refractivity contribution in [3.05, 3.63) is 0 Å². The smallest absolute Gasteiger partial charge is 0.139 e. The Labute approximate surface area is 128 Å². The van der Waals surface area contributed by atoms with E-state index in [1.54, 1.807) is 0 Å². The maximum Gasteiger partial charge on any atom is 0.139 e. The lowest BCUT2D eigenvalue weighted by Crippen LogP contribution is -2.55. The molecule has 0 spiro atoms. The van der Waals surface area contributed by atoms with E-state index in [4.69, 9.17) is 0 Å². The van der Waals surface area contributed by atoms with Crippen LogP contribution < -0.4 is 0 Å². The Bertz CT molecular complexity index is 458. The van der Waals surface area contributed by atoms with E-state index in [0.717, 1.165) is 37.5 Å². The molecular formula is C19H30O2. The Balaban J connectivity index is 1.66. The molecule has 118 valence electrons. The number of carbonyl (C=O) groups is 1. The highest BCUT2D eigenvalue weighted by molar-refractivity contribution is 5.87. The molecular weight excluding hydrogens is 260 g/mol. The molecule has 0 aliphatic heterocycles. The number of Topliss-reactive ketones (excluding diaryl/α,β-unsaturated/α-hetero) is 1. The third kappa shape index (κ3) is 1.77. The summed E-state index contributed by atoms with van der Waals surface area (Å²) in [6, 6.07) is 0. The summed E-state index contributed by atoms with van der Waals surface area (Å²) in [5.74, 6) is 3.22. The SMILES string of the molecule is C[C@]12CCC[C@@H](O)C1CC[C@@H]1C2CC[C@]2(C)C(=O)CC[C@@H]12. The van der Waals surface area contributed by atoms with E-state index >= 15 is 0 Å². The predicted octanol–water partition coefficient (Wildman–Crippen LogP) is 3.96. The largest absolute Gasteiger partial charge is 0.393 e. The van der Waals surface area contributed by atoms with Gasteiger partial charge in [0.25, 0.3) is 0 Å². The minimum Gasteiger partial charge on any atom is -0.393 e. The maximum atomic E-state index is 12.4. The van der Waals surface area contributed by atoms with Crippen molar-refractivity contribution in [1.82, 2.24) is 0 Å². The summed E-state index contributed by atoms with van der Waals surface area (Å²) in [5.41, 5.74) is 0.338. The summed E-state index contributed by atoms with van der Waals surface area (Å²) in [5, 5.41) is 10.5. The van der Waals surface area contributed by atoms with Crippen molar-refractivity contribution in [2.24, 2.45) is 34.5 Å². The van der Waals surface area contributed by atoms with Crippen LogP contribution in [0.15, 0.2) is 0 Å². The Morgan fingerprint density at radius 1 is 0.952 bits per heavy atom. The zero-order valence-corrected chi connectivity index (χ0v) is 13.6. The summed E-state index contributed by atoms with van der Waals surface area (Å²) in [6.07, 6.45) is 10.2. The van der Waals surface area contributed by atoms with Gasteiger partial charge in [0.05, 0.1) is 6.10 Å². The van der Waals surface area contributed by atoms with Crippen LogP contribution in [-0.2, 0) is 4.79 Å². The van der Waals surface area contributed by atoms with Gasteiger partial charge in [0.1, 0.15) is 5.78 Å². The molecule has 4 rings (SSSR count). The molecule has 4 fully saturated rings. The van der Waals surface area contributed by atoms with E-state index in [0.29, 0.717) is 23.0 Å². The zero-order chi connectivity index (χ0) is 14.8. The van der Waals surface area contributed by atoms with E-state index in [-0.39, 0.29) is 11.5 Å². The van der Waals surface area contributed by atoms with Crippen LogP contribution in [0.3, 0.4) is 0 Å². The van der Waals surface area contributed by atoms with Crippen molar-refractivity contribution >= 4 is 5.78 Å². The van der Waals surface area contributed by atoms with Gasteiger partial charge in [0, 0.05) is 11.8 Å². The lowest BCUT2D eigenvalue weighted by molar-refractivity contribution is -0.150. The summed E-state index contributed by atoms with van der Waals surface area (Å²) in [6.45, 7) is 4.73. The van der Waals surface area contributed by atoms with Crippen LogP contribution in [0.25, 0.3) is 0 Å². The Hall–Kier alpha value is -0.370. The fourth-order valence-electron chi connectivity index (χ4n) is 7.15. The second-order valence-corrected chi connectivity index (χ2v) is 8.94. The Morgan fingerprint density at radius 3 is 2.57 bits per heavy atom. The Morgan fingerprint density at radius 2 is 1.76 bits per heavy atom. The van der Waals surface area contributed by atoms with Crippen LogP contribution in [0.4, 0.5) is 0 Å². The molecule has 4 aliphatic carbocycles. The molecule has 0 aromatic heterocycles. The van der Waals surface area contributed by atoms with Crippen molar-refractivity contribution in [3.8, 4) is 0 Å². The number of hydrogen-bond acceptors (Lipinski definition) is 2. The summed E-state index contributed by atoms with van der Waals surface area (Å²) in [7, 11) is 0. The second-order valence-electron chi connectivity index (χ2n) is 8.94. The van der Waals surface area contributed by atoms with Crippen molar-refractivity contribution in [1.29, 1.82) is 0 Å². The molecule has 0 bridgehead atoms. The summed E-state index contributed by atoms with van der Waals surface area (Å²) in [4.78, 5) is 12.4. The minimum atomic E-state index is -0.0665. The van der Waals surface area contributed by atoms with E-state index in [1.165, 1.54) is 32.1 Å². The van der Waals surface area contributed by atoms with Crippen LogP contribution in [-0.4, -0.2) is 17.0 Å². The molecule has 0 saturated heterocycles. The van der Waals surface area contributed by atoms with Gasteiger partial charge in [-0.15, -0.1) is 0 Å². The highest BCUT2D eigenvalue weighted by Gasteiger charge is 2.60. The molecule has 4 saturated carbocycles. The van der Waals surface area contributed by atoms with E-state index < -0.39 is 0 Å². The first-order valence-electron chi connectivity index (χ1n) is 9.18. The van der Waals surface area contributed by atoms with Crippen LogP contribution in [0.5, 0.6) is 0 Å². The van der Waals surface area contributed by atoms with Gasteiger partial charge in [0.15, 0.2) is 0 Å². The van der Waals surface area contributed by atoms with Gasteiger partial charge in [-0.3, -0.25) is 4.79 Å². The van der Waals surface area contributed by atoms with E-state index in [9.17, 15) is 9.90 Å². The predicted molar refractivity (Wildman–Crippen MR) is 82.7 cm³/mol. The monoisotopic (exact) mass is 290 g/mol. The molecule has 0 radical (unpaired) electrons. The average Bonchev–Trinajstić information content (AvgIpc) is 2.75. The molecule has 0 heterocycles. The summed E-state index contributed by atoms with van der Waals surface area (Å²) >= 11 is 0. The molecule has 2 unspecified atom stereocenters. The standard InChI is InChI=1S/C19H30O2/c1-18-10-3-4-16(20)15(18)6-5-12-13-7-8-17(21)19(13,2)11-9-14(12)18/h12-16,20H,3-11H2,1-2H3/t12-,13-,14?,15?,16+,18+,19-/m0/s1. The molecule has 2 heteroatoms. The maximum absolute atomic E-state index is 12.4. The van der Waals surface area contributed by atoms with Crippen molar-refractivity contribution in [2.75, 3.05) is 0 Å². The van der Waals surface area contributed by atoms with E-state index in [2.05, 4.69) is 13.8 Å². The lowest BCUT2D eigenvalue weighted by Gasteiger charge is -2.60. The molecule has 7 atom stereocenters. The second kappa shape index (κ2) is 4.57. The number of carbonyl (C=O) groups excluding carboxylic acids is 1. The van der Waals surface area contributed by atoms with Gasteiger partial charge < -0.3 is 5.11 Å². The van der Waals surface area contributed by atoms with Gasteiger partial charge in [-0.05, 0) is 74.0 Å². The molecule has 0 amide bonds. The fourth-order valence-corrected chi connectivity index (χ4v) is 7.15. The molecule has 0 aromatic rings. The van der Waals surface area contributed by atoms with Crippen LogP contribution in [0.2, 0.25) is 0 Å². The van der Waals surface area contributed by atoms with Crippen LogP contribution >= 0.6 is 0 Å². The average molecular weight is 290 g/mol. The number of rotatable bonds is 0. The normalized spacial score (nSPS) is 56.5. The number of aliphatic hydroxyl groups is 1. The van der Waals surface area contributed by atoms with Gasteiger partial charge in [-0.2, -0.15) is 0 Å². The van der Waals surface area contributed by atoms with Crippen molar-refractivity contribution in [3.63, 3.8) is 0 Å². The highest BCUT2D eigenvalue weighted by atomic mass is 16.3. The third-order valence-corrected chi connectivity index (χ3v) is 8.33. The van der Waals surface area contributed by atoms with Crippen molar-refractivity contribution < 1.29 is 9.90 Å². The molecule has 0 aromatic carbocycles. The number of ketones is 1. The molecule has 4 aliphatic rings. The topological polar surface area (TPSA) is 37.3 Å². The first-order valence-corrected chi connectivity index (χ1v) is 9.18. The lowest BCUT2D eigenvalue weighted by atomic mass is 9.45. The molecule has 2 nitrogen and oxygen atoms in total. The zero-order valence-electron chi connectivity index (χ0n) is 13.6. The first-order chi connectivity index (χ1) is 9.97. The van der Waals surface area contributed by atoms with Gasteiger partial charge in [0.2, 0.25) is 0 Å². The quantitative estimate of drug-likeness (QED) is 0.733. The van der Waals surface area contributed by atoms with Gasteiger partial charge in [-0.1, -0.05) is 20.3 Å². The summed E-state index contributed by atoms with van der Waals surface area (Å²) < 4.78 is 0. The number of aliphatic hydroxyl groups excluding tert-OH is 1. The van der Waals surface area contributed by atoms with Crippen molar-refractivity contribution in [2.45, 2.75) is 77.7 Å². The highest BCUT2D eigenvalue weighted by Crippen LogP contribution is 2.65. The van der Waals surface area contributed by atoms with Crippen LogP contribution in [0, 0.1) is 34.5 Å². The van der Waals surface area contributed by atoms with Gasteiger partial charge >= 0.3 is 0 Å². The van der Waals surface area contributed by atoms with Gasteiger partial charge in [-0.25, -0.2) is 0 Å². The molecule has 21 heavy (non-hydrogen) atoms. The Kier molecular flexibility index (Phi) is 3.10.